The maximum absolute atomic E-state index is 12.5. The molecule has 4 rings (SSSR count). The summed E-state index contributed by atoms with van der Waals surface area (Å²) in [6.07, 6.45) is 4.11. The molecule has 25 heavy (non-hydrogen) atoms. The lowest BCUT2D eigenvalue weighted by Crippen LogP contribution is -2.13. The SMILES string of the molecule is Cc1nc2c(NC(=O)c3ccc(CC4CCNC4)cc3)cccn2n1. The quantitative estimate of drug-likeness (QED) is 0.768. The Balaban J connectivity index is 1.48. The Kier molecular flexibility index (Phi) is 4.19. The lowest BCUT2D eigenvalue weighted by atomic mass is 9.98. The van der Waals surface area contributed by atoms with Gasteiger partial charge in [-0.1, -0.05) is 12.1 Å². The number of fused-ring (bicyclic) bond motifs is 1. The Bertz CT molecular complexity index is 894. The van der Waals surface area contributed by atoms with Gasteiger partial charge >= 0.3 is 0 Å². The highest BCUT2D eigenvalue weighted by molar-refractivity contribution is 6.05. The van der Waals surface area contributed by atoms with Crippen molar-refractivity contribution in [1.82, 2.24) is 19.9 Å². The van der Waals surface area contributed by atoms with Crippen LogP contribution in [0, 0.1) is 12.8 Å². The minimum Gasteiger partial charge on any atom is -0.319 e. The number of nitrogens with one attached hydrogen (secondary N) is 2. The van der Waals surface area contributed by atoms with E-state index < -0.39 is 0 Å². The van der Waals surface area contributed by atoms with Gasteiger partial charge in [0.25, 0.3) is 5.91 Å². The normalized spacial score (nSPS) is 17.1. The molecule has 3 heterocycles. The third kappa shape index (κ3) is 3.39. The highest BCUT2D eigenvalue weighted by atomic mass is 16.1. The van der Waals surface area contributed by atoms with Gasteiger partial charge in [-0.3, -0.25) is 4.79 Å². The molecule has 0 aliphatic carbocycles. The van der Waals surface area contributed by atoms with Gasteiger partial charge in [-0.15, -0.1) is 0 Å². The average molecular weight is 335 g/mol. The number of amides is 1. The van der Waals surface area contributed by atoms with Crippen LogP contribution in [0.4, 0.5) is 5.69 Å². The first-order chi connectivity index (χ1) is 12.2. The monoisotopic (exact) mass is 335 g/mol. The maximum atomic E-state index is 12.5. The molecular weight excluding hydrogens is 314 g/mol. The third-order valence-corrected chi connectivity index (χ3v) is 4.62. The molecule has 1 saturated heterocycles. The fourth-order valence-corrected chi connectivity index (χ4v) is 3.32. The zero-order valence-corrected chi connectivity index (χ0v) is 14.2. The van der Waals surface area contributed by atoms with Crippen LogP contribution >= 0.6 is 0 Å². The number of pyridine rings is 1. The van der Waals surface area contributed by atoms with E-state index in [0.717, 1.165) is 19.5 Å². The van der Waals surface area contributed by atoms with Crippen molar-refractivity contribution in [2.45, 2.75) is 19.8 Å². The van der Waals surface area contributed by atoms with Crippen LogP contribution < -0.4 is 10.6 Å². The van der Waals surface area contributed by atoms with E-state index in [1.54, 1.807) is 4.52 Å². The van der Waals surface area contributed by atoms with Crippen molar-refractivity contribution >= 4 is 17.2 Å². The van der Waals surface area contributed by atoms with Gasteiger partial charge in [0.05, 0.1) is 5.69 Å². The summed E-state index contributed by atoms with van der Waals surface area (Å²) in [5, 5.41) is 10.6. The van der Waals surface area contributed by atoms with Crippen molar-refractivity contribution in [1.29, 1.82) is 0 Å². The van der Waals surface area contributed by atoms with Crippen molar-refractivity contribution in [3.63, 3.8) is 0 Å². The van der Waals surface area contributed by atoms with Gasteiger partial charge in [0, 0.05) is 11.8 Å². The van der Waals surface area contributed by atoms with Gasteiger partial charge in [0.1, 0.15) is 5.82 Å². The van der Waals surface area contributed by atoms with E-state index in [1.165, 1.54) is 12.0 Å². The molecule has 128 valence electrons. The zero-order chi connectivity index (χ0) is 17.2. The number of rotatable bonds is 4. The zero-order valence-electron chi connectivity index (χ0n) is 14.2. The number of hydrogen-bond acceptors (Lipinski definition) is 4. The highest BCUT2D eigenvalue weighted by Crippen LogP contribution is 2.18. The second-order valence-electron chi connectivity index (χ2n) is 6.56. The molecule has 1 aliphatic rings. The van der Waals surface area contributed by atoms with E-state index in [9.17, 15) is 4.79 Å². The van der Waals surface area contributed by atoms with Gasteiger partial charge < -0.3 is 10.6 Å². The average Bonchev–Trinajstić information content (AvgIpc) is 3.24. The number of aryl methyl sites for hydroxylation is 1. The van der Waals surface area contributed by atoms with Crippen molar-refractivity contribution < 1.29 is 4.79 Å². The molecular formula is C19H21N5O. The second-order valence-corrected chi connectivity index (χ2v) is 6.56. The molecule has 1 aromatic carbocycles. The number of anilines is 1. The van der Waals surface area contributed by atoms with Gasteiger partial charge in [0.15, 0.2) is 5.65 Å². The van der Waals surface area contributed by atoms with E-state index in [2.05, 4.69) is 32.8 Å². The molecule has 1 aliphatic heterocycles. The number of carbonyl (C=O) groups excluding carboxylic acids is 1. The molecule has 1 fully saturated rings. The Morgan fingerprint density at radius 2 is 2.16 bits per heavy atom. The van der Waals surface area contributed by atoms with Crippen LogP contribution in [0.5, 0.6) is 0 Å². The van der Waals surface area contributed by atoms with Crippen LogP contribution in [0.3, 0.4) is 0 Å². The smallest absolute Gasteiger partial charge is 0.255 e. The molecule has 0 spiro atoms. The predicted octanol–water partition coefficient (Wildman–Crippen LogP) is 2.44. The van der Waals surface area contributed by atoms with Crippen LogP contribution in [-0.2, 0) is 6.42 Å². The van der Waals surface area contributed by atoms with Gasteiger partial charge in [-0.05, 0) is 68.6 Å². The summed E-state index contributed by atoms with van der Waals surface area (Å²) in [6, 6.07) is 11.6. The Morgan fingerprint density at radius 1 is 1.32 bits per heavy atom. The lowest BCUT2D eigenvalue weighted by Gasteiger charge is -2.09. The van der Waals surface area contributed by atoms with Crippen molar-refractivity contribution in [3.8, 4) is 0 Å². The molecule has 1 unspecified atom stereocenters. The molecule has 2 aromatic heterocycles. The Labute approximate surface area is 146 Å². The maximum Gasteiger partial charge on any atom is 0.255 e. The molecule has 3 aromatic rings. The molecule has 1 amide bonds. The molecule has 6 heteroatoms. The number of aromatic nitrogens is 3. The second kappa shape index (κ2) is 6.64. The lowest BCUT2D eigenvalue weighted by molar-refractivity contribution is 0.102. The topological polar surface area (TPSA) is 71.3 Å². The summed E-state index contributed by atoms with van der Waals surface area (Å²) in [7, 11) is 0. The summed E-state index contributed by atoms with van der Waals surface area (Å²) in [5.74, 6) is 1.24. The van der Waals surface area contributed by atoms with Crippen molar-refractivity contribution in [3.05, 3.63) is 59.5 Å². The first-order valence-corrected chi connectivity index (χ1v) is 8.62. The molecule has 0 saturated carbocycles. The Hall–Kier alpha value is -2.73. The van der Waals surface area contributed by atoms with Crippen molar-refractivity contribution in [2.75, 3.05) is 18.4 Å². The molecule has 0 radical (unpaired) electrons. The summed E-state index contributed by atoms with van der Waals surface area (Å²) in [4.78, 5) is 16.9. The van der Waals surface area contributed by atoms with E-state index in [4.69, 9.17) is 0 Å². The predicted molar refractivity (Wildman–Crippen MR) is 96.8 cm³/mol. The molecule has 2 N–H and O–H groups in total. The molecule has 0 bridgehead atoms. The number of benzene rings is 1. The number of carbonyl (C=O) groups is 1. The van der Waals surface area contributed by atoms with Crippen LogP contribution in [0.15, 0.2) is 42.6 Å². The number of nitrogens with zero attached hydrogens (tertiary/aromatic N) is 3. The van der Waals surface area contributed by atoms with Gasteiger partial charge in [-0.2, -0.15) is 5.10 Å². The van der Waals surface area contributed by atoms with E-state index >= 15 is 0 Å². The largest absolute Gasteiger partial charge is 0.319 e. The first-order valence-electron chi connectivity index (χ1n) is 8.62. The minimum absolute atomic E-state index is 0.136. The van der Waals surface area contributed by atoms with Crippen LogP contribution in [0.1, 0.15) is 28.2 Å². The summed E-state index contributed by atoms with van der Waals surface area (Å²) < 4.78 is 1.67. The highest BCUT2D eigenvalue weighted by Gasteiger charge is 2.15. The first kappa shape index (κ1) is 15.8. The molecule has 1 atom stereocenters. The van der Waals surface area contributed by atoms with Crippen LogP contribution in [-0.4, -0.2) is 33.6 Å². The minimum atomic E-state index is -0.136. The fourth-order valence-electron chi connectivity index (χ4n) is 3.32. The summed E-state index contributed by atoms with van der Waals surface area (Å²) >= 11 is 0. The molecule has 6 nitrogen and oxygen atoms in total. The third-order valence-electron chi connectivity index (χ3n) is 4.62. The van der Waals surface area contributed by atoms with Crippen LogP contribution in [0.25, 0.3) is 5.65 Å². The van der Waals surface area contributed by atoms with E-state index in [1.807, 2.05) is 37.4 Å². The van der Waals surface area contributed by atoms with Gasteiger partial charge in [0.2, 0.25) is 0 Å². The number of hydrogen-bond donors (Lipinski definition) is 2. The van der Waals surface area contributed by atoms with E-state index in [0.29, 0.717) is 28.6 Å². The summed E-state index contributed by atoms with van der Waals surface area (Å²) in [6.45, 7) is 4.03. The standard InChI is InChI=1S/C19H21N5O/c1-13-21-18-17(3-2-10-24(18)23-13)22-19(25)16-6-4-14(5-7-16)11-15-8-9-20-12-15/h2-7,10,15,20H,8-9,11-12H2,1H3,(H,22,25). The fraction of sp³-hybridized carbons (Fsp3) is 0.316. The van der Waals surface area contributed by atoms with Crippen LogP contribution in [0.2, 0.25) is 0 Å². The van der Waals surface area contributed by atoms with Crippen molar-refractivity contribution in [2.24, 2.45) is 5.92 Å². The van der Waals surface area contributed by atoms with E-state index in [-0.39, 0.29) is 5.91 Å². The Morgan fingerprint density at radius 3 is 2.92 bits per heavy atom. The summed E-state index contributed by atoms with van der Waals surface area (Å²) in [5.41, 5.74) is 3.24. The van der Waals surface area contributed by atoms with Gasteiger partial charge in [-0.25, -0.2) is 9.50 Å².